The molecule has 4 heterocycles. The lowest BCUT2D eigenvalue weighted by molar-refractivity contribution is 0.0828. The van der Waals surface area contributed by atoms with Crippen molar-refractivity contribution in [1.82, 2.24) is 34.3 Å². The first kappa shape index (κ1) is 27.1. The summed E-state index contributed by atoms with van der Waals surface area (Å²) in [6.07, 6.45) is 8.52. The number of hydrogen-bond donors (Lipinski definition) is 2. The minimum atomic E-state index is 0.402. The normalized spacial score (nSPS) is 20.4. The van der Waals surface area contributed by atoms with Crippen LogP contribution in [0.15, 0.2) is 55.0 Å². The molecule has 0 atom stereocenters. The molecule has 2 aromatic carbocycles. The monoisotopic (exact) mass is 581 g/mol. The van der Waals surface area contributed by atoms with E-state index in [0.29, 0.717) is 29.0 Å². The summed E-state index contributed by atoms with van der Waals surface area (Å²) in [5.41, 5.74) is 12.2. The first-order valence-corrected chi connectivity index (χ1v) is 15.2. The van der Waals surface area contributed by atoms with Crippen LogP contribution < -0.4 is 11.1 Å². The molecule has 2 aliphatic rings. The predicted octanol–water partition coefficient (Wildman–Crippen LogP) is 6.06. The van der Waals surface area contributed by atoms with Crippen LogP contribution in [0.1, 0.15) is 37.3 Å². The number of benzene rings is 2. The summed E-state index contributed by atoms with van der Waals surface area (Å²) < 4.78 is 2.35. The van der Waals surface area contributed by atoms with Crippen molar-refractivity contribution in [1.29, 1.82) is 0 Å². The number of piperazine rings is 1. The van der Waals surface area contributed by atoms with E-state index in [9.17, 15) is 0 Å². The summed E-state index contributed by atoms with van der Waals surface area (Å²) in [6, 6.07) is 15.2. The predicted molar refractivity (Wildman–Crippen MR) is 170 cm³/mol. The lowest BCUT2D eigenvalue weighted by Gasteiger charge is -2.41. The van der Waals surface area contributed by atoms with E-state index in [0.717, 1.165) is 57.2 Å². The Hall–Kier alpha value is -3.79. The summed E-state index contributed by atoms with van der Waals surface area (Å²) in [7, 11) is 2.22. The molecule has 1 aliphatic carbocycles. The van der Waals surface area contributed by atoms with Crippen LogP contribution in [0.2, 0.25) is 5.15 Å². The van der Waals surface area contributed by atoms with Gasteiger partial charge in [-0.25, -0.2) is 19.9 Å². The zero-order valence-corrected chi connectivity index (χ0v) is 24.8. The number of nitrogens with two attached hydrogens (primary N) is 1. The molecule has 3 aromatic heterocycles. The van der Waals surface area contributed by atoms with Gasteiger partial charge in [-0.3, -0.25) is 4.90 Å². The third kappa shape index (κ3) is 5.06. The number of halogens is 1. The van der Waals surface area contributed by atoms with E-state index in [2.05, 4.69) is 60.0 Å². The molecule has 1 saturated heterocycles. The van der Waals surface area contributed by atoms with Gasteiger partial charge in [0.15, 0.2) is 0 Å². The second kappa shape index (κ2) is 11.1. The topological polar surface area (TPSA) is 101 Å². The molecule has 10 heteroatoms. The number of likely N-dealkylation sites (N-methyl/N-ethyl adjacent to an activating group) is 1. The lowest BCUT2D eigenvalue weighted by atomic mass is 9.89. The van der Waals surface area contributed by atoms with Gasteiger partial charge in [-0.2, -0.15) is 0 Å². The highest BCUT2D eigenvalue weighted by Gasteiger charge is 2.30. The summed E-state index contributed by atoms with van der Waals surface area (Å²) in [6.45, 7) is 6.70. The molecule has 9 nitrogen and oxygen atoms in total. The Balaban J connectivity index is 1.13. The van der Waals surface area contributed by atoms with E-state index >= 15 is 0 Å². The fraction of sp³-hybridized carbons (Fsp3) is 0.375. The summed E-state index contributed by atoms with van der Waals surface area (Å²) in [5, 5.41) is 5.54. The fourth-order valence-electron chi connectivity index (χ4n) is 6.71. The van der Waals surface area contributed by atoms with Crippen molar-refractivity contribution in [3.63, 3.8) is 0 Å². The number of nitrogens with one attached hydrogen (secondary N) is 1. The van der Waals surface area contributed by atoms with Gasteiger partial charge in [-0.05, 0) is 69.0 Å². The SMILES string of the molecule is Cc1cccc2nc(Nc3ccc(-c4cn(C5CCC(N6CCN(C)CC6)CC5)c5ncnc(N)c45)cc3)nc(Cl)c12. The quantitative estimate of drug-likeness (QED) is 0.242. The Morgan fingerprint density at radius 1 is 0.881 bits per heavy atom. The number of hydrogen-bond acceptors (Lipinski definition) is 8. The van der Waals surface area contributed by atoms with Crippen LogP contribution in [0.4, 0.5) is 17.5 Å². The number of fused-ring (bicyclic) bond motifs is 2. The second-order valence-electron chi connectivity index (χ2n) is 11.7. The highest BCUT2D eigenvalue weighted by Crippen LogP contribution is 2.39. The maximum Gasteiger partial charge on any atom is 0.229 e. The highest BCUT2D eigenvalue weighted by molar-refractivity contribution is 6.34. The first-order valence-electron chi connectivity index (χ1n) is 14.8. The van der Waals surface area contributed by atoms with Gasteiger partial charge in [0, 0.05) is 61.1 Å². The van der Waals surface area contributed by atoms with Gasteiger partial charge in [-0.15, -0.1) is 0 Å². The van der Waals surface area contributed by atoms with Crippen molar-refractivity contribution in [2.24, 2.45) is 0 Å². The number of nitrogens with zero attached hydrogens (tertiary/aromatic N) is 7. The maximum atomic E-state index is 6.51. The van der Waals surface area contributed by atoms with Crippen LogP contribution in [0, 0.1) is 6.92 Å². The third-order valence-corrected chi connectivity index (χ3v) is 9.37. The van der Waals surface area contributed by atoms with Crippen molar-refractivity contribution >= 4 is 51.0 Å². The number of nitrogen functional groups attached to an aromatic ring is 1. The summed E-state index contributed by atoms with van der Waals surface area (Å²) >= 11 is 6.51. The van der Waals surface area contributed by atoms with Gasteiger partial charge in [0.05, 0.1) is 10.9 Å². The molecule has 0 bridgehead atoms. The standard InChI is InChI=1S/C32H36ClN9/c1-20-4-3-5-26-27(20)29(33)39-32(38-26)37-22-8-6-21(7-9-22)25-18-42(31-28(25)30(34)35-19-36-31)24-12-10-23(11-13-24)41-16-14-40(2)15-17-41/h3-9,18-19,23-24H,10-17H2,1-2H3,(H2,34,35,36)(H,37,38,39). The molecule has 1 saturated carbocycles. The zero-order chi connectivity index (χ0) is 28.8. The van der Waals surface area contributed by atoms with Crippen molar-refractivity contribution < 1.29 is 0 Å². The Kier molecular flexibility index (Phi) is 7.17. The van der Waals surface area contributed by atoms with Gasteiger partial charge in [0.1, 0.15) is 22.9 Å². The lowest BCUT2D eigenvalue weighted by Crippen LogP contribution is -2.49. The largest absolute Gasteiger partial charge is 0.383 e. The molecule has 1 aliphatic heterocycles. The Labute approximate surface area is 250 Å². The van der Waals surface area contributed by atoms with E-state index in [-0.39, 0.29) is 0 Å². The molecule has 0 spiro atoms. The highest BCUT2D eigenvalue weighted by atomic mass is 35.5. The maximum absolute atomic E-state index is 6.51. The van der Waals surface area contributed by atoms with Crippen molar-refractivity contribution in [3.8, 4) is 11.1 Å². The number of anilines is 3. The van der Waals surface area contributed by atoms with E-state index in [4.69, 9.17) is 22.3 Å². The van der Waals surface area contributed by atoms with Gasteiger partial charge >= 0.3 is 0 Å². The molecule has 5 aromatic rings. The Morgan fingerprint density at radius 2 is 1.62 bits per heavy atom. The molecule has 216 valence electrons. The minimum absolute atomic E-state index is 0.402. The third-order valence-electron chi connectivity index (χ3n) is 9.09. The second-order valence-corrected chi connectivity index (χ2v) is 12.1. The van der Waals surface area contributed by atoms with Crippen LogP contribution in [0.3, 0.4) is 0 Å². The number of aryl methyl sites for hydroxylation is 1. The number of aromatic nitrogens is 5. The Morgan fingerprint density at radius 3 is 2.38 bits per heavy atom. The number of rotatable bonds is 5. The average Bonchev–Trinajstić information content (AvgIpc) is 3.39. The van der Waals surface area contributed by atoms with Crippen LogP contribution >= 0.6 is 11.6 Å². The van der Waals surface area contributed by atoms with Gasteiger partial charge < -0.3 is 20.5 Å². The smallest absolute Gasteiger partial charge is 0.229 e. The van der Waals surface area contributed by atoms with Crippen LogP contribution in [-0.2, 0) is 0 Å². The van der Waals surface area contributed by atoms with Gasteiger partial charge in [0.25, 0.3) is 0 Å². The molecule has 0 amide bonds. The molecule has 0 unspecified atom stereocenters. The van der Waals surface area contributed by atoms with E-state index in [1.54, 1.807) is 6.33 Å². The van der Waals surface area contributed by atoms with Gasteiger partial charge in [0.2, 0.25) is 5.95 Å². The first-order chi connectivity index (χ1) is 20.4. The molecule has 3 N–H and O–H groups in total. The molecule has 42 heavy (non-hydrogen) atoms. The van der Waals surface area contributed by atoms with Crippen LogP contribution in [0.5, 0.6) is 0 Å². The molecular weight excluding hydrogens is 546 g/mol. The minimum Gasteiger partial charge on any atom is -0.383 e. The molecule has 2 fully saturated rings. The van der Waals surface area contributed by atoms with E-state index in [1.165, 1.54) is 39.0 Å². The molecule has 7 rings (SSSR count). The summed E-state index contributed by atoms with van der Waals surface area (Å²) in [4.78, 5) is 23.3. The average molecular weight is 582 g/mol. The summed E-state index contributed by atoms with van der Waals surface area (Å²) in [5.74, 6) is 0.976. The van der Waals surface area contributed by atoms with Gasteiger partial charge in [-0.1, -0.05) is 35.9 Å². The van der Waals surface area contributed by atoms with E-state index in [1.807, 2.05) is 37.3 Å². The molecular formula is C32H36ClN9. The zero-order valence-electron chi connectivity index (χ0n) is 24.1. The van der Waals surface area contributed by atoms with E-state index < -0.39 is 0 Å². The van der Waals surface area contributed by atoms with Crippen molar-refractivity contribution in [3.05, 3.63) is 65.7 Å². The Bertz CT molecular complexity index is 1730. The van der Waals surface area contributed by atoms with Crippen molar-refractivity contribution in [2.45, 2.75) is 44.7 Å². The molecule has 0 radical (unpaired) electrons. The van der Waals surface area contributed by atoms with Crippen molar-refractivity contribution in [2.75, 3.05) is 44.3 Å². The fourth-order valence-corrected chi connectivity index (χ4v) is 7.04. The van der Waals surface area contributed by atoms with Crippen LogP contribution in [0.25, 0.3) is 33.1 Å². The van der Waals surface area contributed by atoms with Crippen LogP contribution in [-0.4, -0.2) is 73.6 Å².